The van der Waals surface area contributed by atoms with Crippen molar-refractivity contribution < 1.29 is 22.4 Å². The average molecular weight is 546 g/mol. The summed E-state index contributed by atoms with van der Waals surface area (Å²) in [5.41, 5.74) is 2.21. The van der Waals surface area contributed by atoms with E-state index in [0.717, 1.165) is 5.69 Å². The van der Waals surface area contributed by atoms with E-state index in [-0.39, 0.29) is 35.6 Å². The van der Waals surface area contributed by atoms with Gasteiger partial charge in [0.2, 0.25) is 21.8 Å². The van der Waals surface area contributed by atoms with E-state index < -0.39 is 22.0 Å². The minimum Gasteiger partial charge on any atom is -0.464 e. The first-order valence-electron chi connectivity index (χ1n) is 12.8. The minimum atomic E-state index is -4.12. The molecule has 0 aliphatic carbocycles. The third-order valence-electron chi connectivity index (χ3n) is 6.18. The zero-order valence-corrected chi connectivity index (χ0v) is 24.1. The Labute approximate surface area is 225 Å². The van der Waals surface area contributed by atoms with Crippen LogP contribution in [0.2, 0.25) is 0 Å². The number of aromatic nitrogens is 2. The molecule has 0 unspecified atom stereocenters. The van der Waals surface area contributed by atoms with Crippen molar-refractivity contribution in [2.75, 3.05) is 20.1 Å². The normalized spacial score (nSPS) is 12.9. The highest BCUT2D eigenvalue weighted by molar-refractivity contribution is 7.89. The van der Waals surface area contributed by atoms with Gasteiger partial charge in [0.05, 0.1) is 29.8 Å². The Morgan fingerprint density at radius 3 is 2.32 bits per heavy atom. The van der Waals surface area contributed by atoms with Crippen LogP contribution in [0.4, 0.5) is 0 Å². The minimum absolute atomic E-state index is 0.00627. The summed E-state index contributed by atoms with van der Waals surface area (Å²) in [6.07, 6.45) is 1.16. The number of benzene rings is 1. The summed E-state index contributed by atoms with van der Waals surface area (Å²) in [7, 11) is -0.680. The highest BCUT2D eigenvalue weighted by Crippen LogP contribution is 2.21. The van der Waals surface area contributed by atoms with Gasteiger partial charge in [0.15, 0.2) is 0 Å². The first-order valence-corrected chi connectivity index (χ1v) is 14.3. The Morgan fingerprint density at radius 1 is 1.08 bits per heavy atom. The van der Waals surface area contributed by atoms with Crippen LogP contribution in [0.25, 0.3) is 11.0 Å². The van der Waals surface area contributed by atoms with Crippen LogP contribution in [0, 0.1) is 18.8 Å². The smallest absolute Gasteiger partial charge is 0.241 e. The van der Waals surface area contributed by atoms with Crippen LogP contribution in [0.15, 0.2) is 45.9 Å². The van der Waals surface area contributed by atoms with Crippen molar-refractivity contribution in [3.05, 3.63) is 48.0 Å². The van der Waals surface area contributed by atoms with Crippen LogP contribution in [-0.2, 0) is 33.2 Å². The van der Waals surface area contributed by atoms with Crippen molar-refractivity contribution in [1.82, 2.24) is 24.3 Å². The maximum Gasteiger partial charge on any atom is 0.241 e. The Bertz CT molecular complexity index is 1350. The molecule has 0 aliphatic rings. The second-order valence-electron chi connectivity index (χ2n) is 10.7. The third kappa shape index (κ3) is 7.44. The zero-order chi connectivity index (χ0) is 28.2. The molecular formula is C27H39N5O5S. The number of aryl methyl sites for hydroxylation is 2. The van der Waals surface area contributed by atoms with E-state index in [9.17, 15) is 18.0 Å². The predicted octanol–water partition coefficient (Wildman–Crippen LogP) is 3.31. The highest BCUT2D eigenvalue weighted by atomic mass is 32.2. The number of sulfonamides is 1. The van der Waals surface area contributed by atoms with Gasteiger partial charge in [-0.15, -0.1) is 0 Å². The van der Waals surface area contributed by atoms with Crippen LogP contribution in [0.5, 0.6) is 0 Å². The summed E-state index contributed by atoms with van der Waals surface area (Å²) in [6.45, 7) is 11.0. The van der Waals surface area contributed by atoms with Gasteiger partial charge in [0.1, 0.15) is 11.6 Å². The van der Waals surface area contributed by atoms with Crippen molar-refractivity contribution in [1.29, 1.82) is 0 Å². The first-order chi connectivity index (χ1) is 17.8. The third-order valence-corrected chi connectivity index (χ3v) is 7.65. The fraction of sp³-hybridized carbons (Fsp3) is 0.519. The number of carbonyl (C=O) groups excluding carboxylic acids is 2. The number of hydrogen-bond acceptors (Lipinski definition) is 6. The molecule has 0 fully saturated rings. The van der Waals surface area contributed by atoms with Crippen LogP contribution < -0.4 is 4.72 Å². The predicted molar refractivity (Wildman–Crippen MR) is 146 cm³/mol. The molecule has 0 aliphatic heterocycles. The Kier molecular flexibility index (Phi) is 9.37. The fourth-order valence-electron chi connectivity index (χ4n) is 4.28. The molecule has 38 heavy (non-hydrogen) atoms. The van der Waals surface area contributed by atoms with Gasteiger partial charge in [-0.1, -0.05) is 27.7 Å². The van der Waals surface area contributed by atoms with Crippen LogP contribution in [-0.4, -0.2) is 66.0 Å². The molecule has 1 aromatic carbocycles. The maximum atomic E-state index is 13.8. The number of nitrogens with zero attached hydrogens (tertiary/aromatic N) is 4. The standard InChI is InChI=1S/C27H39N5O5S/c1-18(2)15-32(16-19(3)4)27(34)24(14-26(33)30(6)17-22-12-20(5)31(7)28-22)29-38(35,36)23-8-9-25-21(13-23)10-11-37-25/h8-13,18-19,24,29H,14-17H2,1-7H3/t24-/m0/s1. The lowest BCUT2D eigenvalue weighted by Crippen LogP contribution is -2.52. The van der Waals surface area contributed by atoms with Gasteiger partial charge in [0.25, 0.3) is 0 Å². The van der Waals surface area contributed by atoms with Gasteiger partial charge in [0, 0.05) is 38.3 Å². The van der Waals surface area contributed by atoms with Crippen molar-refractivity contribution in [2.24, 2.45) is 18.9 Å². The van der Waals surface area contributed by atoms with E-state index in [1.807, 2.05) is 47.7 Å². The fourth-order valence-corrected chi connectivity index (χ4v) is 5.50. The van der Waals surface area contributed by atoms with Gasteiger partial charge in [-0.2, -0.15) is 9.82 Å². The van der Waals surface area contributed by atoms with Crippen molar-refractivity contribution >= 4 is 32.8 Å². The summed E-state index contributed by atoms with van der Waals surface area (Å²) in [4.78, 5) is 30.1. The largest absolute Gasteiger partial charge is 0.464 e. The first kappa shape index (κ1) is 29.4. The molecule has 0 bridgehead atoms. The van der Waals surface area contributed by atoms with E-state index >= 15 is 0 Å². The number of hydrogen-bond donors (Lipinski definition) is 1. The quantitative estimate of drug-likeness (QED) is 0.373. The number of nitrogens with one attached hydrogen (secondary N) is 1. The van der Waals surface area contributed by atoms with Crippen molar-refractivity contribution in [3.8, 4) is 0 Å². The second kappa shape index (κ2) is 12.1. The van der Waals surface area contributed by atoms with Gasteiger partial charge in [-0.3, -0.25) is 14.3 Å². The maximum absolute atomic E-state index is 13.8. The van der Waals surface area contributed by atoms with Crippen molar-refractivity contribution in [3.63, 3.8) is 0 Å². The monoisotopic (exact) mass is 545 g/mol. The van der Waals surface area contributed by atoms with E-state index in [1.54, 1.807) is 28.8 Å². The van der Waals surface area contributed by atoms with Crippen LogP contribution in [0.1, 0.15) is 45.5 Å². The number of amides is 2. The summed E-state index contributed by atoms with van der Waals surface area (Å²) >= 11 is 0. The summed E-state index contributed by atoms with van der Waals surface area (Å²) in [5, 5.41) is 5.01. The molecule has 3 rings (SSSR count). The van der Waals surface area contributed by atoms with E-state index in [2.05, 4.69) is 9.82 Å². The molecular weight excluding hydrogens is 506 g/mol. The molecule has 2 heterocycles. The molecule has 3 aromatic rings. The number of furan rings is 1. The molecule has 0 saturated heterocycles. The van der Waals surface area contributed by atoms with Gasteiger partial charge in [-0.25, -0.2) is 8.42 Å². The lowest BCUT2D eigenvalue weighted by atomic mass is 10.1. The number of rotatable bonds is 12. The summed E-state index contributed by atoms with van der Waals surface area (Å²) in [5.74, 6) is -0.446. The van der Waals surface area contributed by atoms with E-state index in [1.165, 1.54) is 23.3 Å². The van der Waals surface area contributed by atoms with E-state index in [4.69, 9.17) is 4.42 Å². The molecule has 10 nitrogen and oxygen atoms in total. The van der Waals surface area contributed by atoms with Crippen LogP contribution >= 0.6 is 0 Å². The second-order valence-corrected chi connectivity index (χ2v) is 12.4. The molecule has 1 atom stereocenters. The van der Waals surface area contributed by atoms with Gasteiger partial charge in [-0.05, 0) is 49.1 Å². The summed E-state index contributed by atoms with van der Waals surface area (Å²) < 4.78 is 36.4. The SMILES string of the molecule is Cc1cc(CN(C)C(=O)C[C@H](NS(=O)(=O)c2ccc3occc3c2)C(=O)N(CC(C)C)CC(C)C)nn1C. The molecule has 11 heteroatoms. The Morgan fingerprint density at radius 2 is 1.74 bits per heavy atom. The molecule has 0 spiro atoms. The Hall–Kier alpha value is -3.18. The molecule has 0 radical (unpaired) electrons. The van der Waals surface area contributed by atoms with Crippen molar-refractivity contribution in [2.45, 2.75) is 58.5 Å². The van der Waals surface area contributed by atoms with E-state index in [0.29, 0.717) is 29.8 Å². The lowest BCUT2D eigenvalue weighted by molar-refractivity contribution is -0.139. The molecule has 208 valence electrons. The molecule has 1 N–H and O–H groups in total. The molecule has 0 saturated carbocycles. The topological polar surface area (TPSA) is 118 Å². The summed E-state index contributed by atoms with van der Waals surface area (Å²) in [6, 6.07) is 6.76. The lowest BCUT2D eigenvalue weighted by Gasteiger charge is -2.31. The Balaban J connectivity index is 1.88. The number of carbonyl (C=O) groups is 2. The zero-order valence-electron chi connectivity index (χ0n) is 23.3. The van der Waals surface area contributed by atoms with Gasteiger partial charge < -0.3 is 14.2 Å². The number of fused-ring (bicyclic) bond motifs is 1. The van der Waals surface area contributed by atoms with Crippen LogP contribution in [0.3, 0.4) is 0 Å². The molecule has 2 amide bonds. The highest BCUT2D eigenvalue weighted by Gasteiger charge is 2.33. The average Bonchev–Trinajstić information content (AvgIpc) is 3.41. The van der Waals surface area contributed by atoms with Gasteiger partial charge >= 0.3 is 0 Å². The molecule has 2 aromatic heterocycles.